The van der Waals surface area contributed by atoms with Gasteiger partial charge in [0.1, 0.15) is 11.1 Å². The second kappa shape index (κ2) is 5.70. The minimum Gasteiger partial charge on any atom is -0.467 e. The number of halogens is 1. The molecule has 0 bridgehead atoms. The molecular formula is C10H18INO4. The van der Waals surface area contributed by atoms with Crippen LogP contribution in [0.25, 0.3) is 0 Å². The number of alkyl halides is 1. The van der Waals surface area contributed by atoms with Gasteiger partial charge in [0.25, 0.3) is 0 Å². The van der Waals surface area contributed by atoms with Crippen LogP contribution in [0.5, 0.6) is 0 Å². The maximum absolute atomic E-state index is 11.5. The van der Waals surface area contributed by atoms with Crippen molar-refractivity contribution in [2.75, 3.05) is 11.5 Å². The number of amides is 1. The standard InChI is InChI=1S/C10H18INO4/c1-9(2,3)16-8(14)12-10(4,6-11)7(13)15-5/h6H2,1-5H3,(H,12,14)/t10-/m0/s1. The smallest absolute Gasteiger partial charge is 0.408 e. The molecule has 0 fully saturated rings. The van der Waals surface area contributed by atoms with Gasteiger partial charge in [-0.25, -0.2) is 9.59 Å². The van der Waals surface area contributed by atoms with Gasteiger partial charge in [0, 0.05) is 4.43 Å². The van der Waals surface area contributed by atoms with E-state index in [1.807, 2.05) is 22.6 Å². The van der Waals surface area contributed by atoms with Crippen LogP contribution in [0.4, 0.5) is 4.79 Å². The number of carbonyl (C=O) groups is 2. The number of methoxy groups -OCH3 is 1. The van der Waals surface area contributed by atoms with E-state index in [-0.39, 0.29) is 0 Å². The number of nitrogens with one attached hydrogen (secondary N) is 1. The molecular weight excluding hydrogens is 325 g/mol. The third kappa shape index (κ3) is 5.00. The summed E-state index contributed by atoms with van der Waals surface area (Å²) in [6, 6.07) is 0. The van der Waals surface area contributed by atoms with Crippen molar-refractivity contribution in [1.29, 1.82) is 0 Å². The van der Waals surface area contributed by atoms with Crippen molar-refractivity contribution < 1.29 is 19.1 Å². The molecule has 0 radical (unpaired) electrons. The maximum Gasteiger partial charge on any atom is 0.408 e. The highest BCUT2D eigenvalue weighted by Gasteiger charge is 2.36. The van der Waals surface area contributed by atoms with Crippen LogP contribution in [0.1, 0.15) is 27.7 Å². The molecule has 1 amide bonds. The highest BCUT2D eigenvalue weighted by Crippen LogP contribution is 2.13. The van der Waals surface area contributed by atoms with E-state index in [1.54, 1.807) is 27.7 Å². The van der Waals surface area contributed by atoms with E-state index < -0.39 is 23.2 Å². The Bertz CT molecular complexity index is 274. The number of ether oxygens (including phenoxy) is 2. The largest absolute Gasteiger partial charge is 0.467 e. The normalized spacial score (nSPS) is 14.9. The van der Waals surface area contributed by atoms with Gasteiger partial charge in [-0.3, -0.25) is 0 Å². The van der Waals surface area contributed by atoms with Crippen LogP contribution in [-0.2, 0) is 14.3 Å². The molecule has 0 unspecified atom stereocenters. The lowest BCUT2D eigenvalue weighted by Gasteiger charge is -2.28. The van der Waals surface area contributed by atoms with Crippen molar-refractivity contribution in [2.45, 2.75) is 38.8 Å². The SMILES string of the molecule is COC(=O)[C@](C)(CI)NC(=O)OC(C)(C)C. The van der Waals surface area contributed by atoms with Crippen LogP contribution in [-0.4, -0.2) is 34.7 Å². The number of rotatable bonds is 3. The zero-order chi connectivity index (χ0) is 13.0. The van der Waals surface area contributed by atoms with E-state index in [0.717, 1.165) is 0 Å². The summed E-state index contributed by atoms with van der Waals surface area (Å²) in [6.45, 7) is 6.86. The Kier molecular flexibility index (Phi) is 5.51. The average molecular weight is 343 g/mol. The number of alkyl carbamates (subject to hydrolysis) is 1. The Hall–Kier alpha value is -0.530. The monoisotopic (exact) mass is 343 g/mol. The first-order valence-electron chi connectivity index (χ1n) is 4.80. The summed E-state index contributed by atoms with van der Waals surface area (Å²) >= 11 is 2.00. The third-order valence-corrected chi connectivity index (χ3v) is 3.21. The first kappa shape index (κ1) is 15.5. The quantitative estimate of drug-likeness (QED) is 0.483. The minimum absolute atomic E-state index is 0.399. The summed E-state index contributed by atoms with van der Waals surface area (Å²) in [5, 5.41) is 2.51. The topological polar surface area (TPSA) is 64.6 Å². The van der Waals surface area contributed by atoms with Crippen LogP contribution in [0.2, 0.25) is 0 Å². The van der Waals surface area contributed by atoms with E-state index in [4.69, 9.17) is 4.74 Å². The molecule has 0 aromatic heterocycles. The first-order chi connectivity index (χ1) is 7.14. The average Bonchev–Trinajstić information content (AvgIpc) is 2.13. The van der Waals surface area contributed by atoms with Gasteiger partial charge in [0.05, 0.1) is 7.11 Å². The molecule has 0 aliphatic heterocycles. The molecule has 1 N–H and O–H groups in total. The lowest BCUT2D eigenvalue weighted by atomic mass is 10.1. The van der Waals surface area contributed by atoms with E-state index in [0.29, 0.717) is 4.43 Å². The second-order valence-electron chi connectivity index (χ2n) is 4.58. The molecule has 0 saturated carbocycles. The van der Waals surface area contributed by atoms with Crippen molar-refractivity contribution in [3.8, 4) is 0 Å². The number of hydrogen-bond acceptors (Lipinski definition) is 4. The molecule has 0 aliphatic rings. The first-order valence-corrected chi connectivity index (χ1v) is 6.33. The minimum atomic E-state index is -1.06. The lowest BCUT2D eigenvalue weighted by Crippen LogP contribution is -2.55. The highest BCUT2D eigenvalue weighted by atomic mass is 127. The Labute approximate surface area is 109 Å². The van der Waals surface area contributed by atoms with E-state index in [9.17, 15) is 9.59 Å². The van der Waals surface area contributed by atoms with Gasteiger partial charge in [-0.1, -0.05) is 22.6 Å². The van der Waals surface area contributed by atoms with Gasteiger partial charge in [0.2, 0.25) is 0 Å². The molecule has 94 valence electrons. The number of carbonyl (C=O) groups excluding carboxylic acids is 2. The van der Waals surface area contributed by atoms with Gasteiger partial charge in [-0.05, 0) is 27.7 Å². The van der Waals surface area contributed by atoms with Crippen LogP contribution < -0.4 is 5.32 Å². The maximum atomic E-state index is 11.5. The van der Waals surface area contributed by atoms with Crippen molar-refractivity contribution in [2.24, 2.45) is 0 Å². The van der Waals surface area contributed by atoms with Gasteiger partial charge in [-0.15, -0.1) is 0 Å². The molecule has 1 atom stereocenters. The molecule has 0 spiro atoms. The van der Waals surface area contributed by atoms with Gasteiger partial charge >= 0.3 is 12.1 Å². The fourth-order valence-corrected chi connectivity index (χ4v) is 1.40. The molecule has 0 aromatic carbocycles. The van der Waals surface area contributed by atoms with Crippen molar-refractivity contribution >= 4 is 34.7 Å². The summed E-state index contributed by atoms with van der Waals surface area (Å²) in [7, 11) is 1.28. The van der Waals surface area contributed by atoms with Crippen molar-refractivity contribution in [3.05, 3.63) is 0 Å². The van der Waals surface area contributed by atoms with Crippen LogP contribution in [0.15, 0.2) is 0 Å². The number of hydrogen-bond donors (Lipinski definition) is 1. The van der Waals surface area contributed by atoms with Crippen LogP contribution >= 0.6 is 22.6 Å². The van der Waals surface area contributed by atoms with Gasteiger partial charge < -0.3 is 14.8 Å². The predicted molar refractivity (Wildman–Crippen MR) is 68.7 cm³/mol. The summed E-state index contributed by atoms with van der Waals surface area (Å²) in [5.41, 5.74) is -1.65. The number of esters is 1. The molecule has 0 aliphatic carbocycles. The van der Waals surface area contributed by atoms with Crippen molar-refractivity contribution in [3.63, 3.8) is 0 Å². The highest BCUT2D eigenvalue weighted by molar-refractivity contribution is 14.1. The zero-order valence-corrected chi connectivity index (χ0v) is 12.4. The Morgan fingerprint density at radius 2 is 1.75 bits per heavy atom. The molecule has 0 saturated heterocycles. The molecule has 0 rings (SSSR count). The fraction of sp³-hybridized carbons (Fsp3) is 0.800. The molecule has 0 heterocycles. The summed E-state index contributed by atoms with van der Waals surface area (Å²) in [6.07, 6.45) is -0.628. The summed E-state index contributed by atoms with van der Waals surface area (Å²) in [5.74, 6) is -0.493. The van der Waals surface area contributed by atoms with Gasteiger partial charge in [-0.2, -0.15) is 0 Å². The van der Waals surface area contributed by atoms with E-state index in [1.165, 1.54) is 7.11 Å². The van der Waals surface area contributed by atoms with E-state index in [2.05, 4.69) is 10.1 Å². The summed E-state index contributed by atoms with van der Waals surface area (Å²) in [4.78, 5) is 23.0. The zero-order valence-electron chi connectivity index (χ0n) is 10.2. The van der Waals surface area contributed by atoms with Crippen molar-refractivity contribution in [1.82, 2.24) is 5.32 Å². The Morgan fingerprint density at radius 1 is 1.25 bits per heavy atom. The molecule has 16 heavy (non-hydrogen) atoms. The fourth-order valence-electron chi connectivity index (χ4n) is 0.893. The summed E-state index contributed by atoms with van der Waals surface area (Å²) < 4.78 is 10.1. The van der Waals surface area contributed by atoms with E-state index >= 15 is 0 Å². The van der Waals surface area contributed by atoms with Crippen LogP contribution in [0, 0.1) is 0 Å². The second-order valence-corrected chi connectivity index (χ2v) is 5.35. The van der Waals surface area contributed by atoms with Crippen LogP contribution in [0.3, 0.4) is 0 Å². The third-order valence-electron chi connectivity index (χ3n) is 1.68. The predicted octanol–water partition coefficient (Wildman–Crippen LogP) is 1.88. The Balaban J connectivity index is 4.55. The Morgan fingerprint density at radius 3 is 2.06 bits per heavy atom. The lowest BCUT2D eigenvalue weighted by molar-refractivity contribution is -0.146. The molecule has 6 heteroatoms. The molecule has 0 aromatic rings. The van der Waals surface area contributed by atoms with Gasteiger partial charge in [0.15, 0.2) is 0 Å². The molecule has 5 nitrogen and oxygen atoms in total.